The molecular weight excluding hydrogens is 1320 g/mol. The Kier molecular flexibility index (Phi) is 60.9. The molecule has 0 spiro atoms. The maximum Gasteiger partial charge on any atom is 0.340 e. The largest absolute Gasteiger partial charge is 0.393 e. The van der Waals surface area contributed by atoms with E-state index in [1.165, 1.54) is 13.8 Å². The number of esters is 16. The van der Waals surface area contributed by atoms with Crippen molar-refractivity contribution in [3.05, 3.63) is 24.3 Å². The predicted molar refractivity (Wildman–Crippen MR) is 377 cm³/mol. The summed E-state index contributed by atoms with van der Waals surface area (Å²) < 4.78 is 38.9. The predicted octanol–water partition coefficient (Wildman–Crippen LogP) is 16.5. The van der Waals surface area contributed by atoms with Gasteiger partial charge in [0.15, 0.2) is 0 Å². The number of carbonyl (C=O) groups is 16. The lowest BCUT2D eigenvalue weighted by atomic mass is 10.1. The zero-order valence-electron chi connectivity index (χ0n) is 61.8. The smallest absolute Gasteiger partial charge is 0.340 e. The second-order valence-corrected chi connectivity index (χ2v) is 26.5. The molecule has 24 nitrogen and oxygen atoms in total. The van der Waals surface area contributed by atoms with Gasteiger partial charge in [0.05, 0.1) is 0 Å². The van der Waals surface area contributed by atoms with E-state index in [1.54, 1.807) is 0 Å². The van der Waals surface area contributed by atoms with Gasteiger partial charge in [-0.2, -0.15) is 0 Å². The zero-order chi connectivity index (χ0) is 75.6. The average Bonchev–Trinajstić information content (AvgIpc) is 1.36. The number of carbonyl (C=O) groups excluding carboxylic acids is 16. The van der Waals surface area contributed by atoms with Gasteiger partial charge in [-0.25, -0.2) is 9.59 Å². The Bertz CT molecular complexity index is 2390. The minimum absolute atomic E-state index is 0.137. The van der Waals surface area contributed by atoms with Crippen LogP contribution in [0.15, 0.2) is 24.3 Å². The fourth-order valence-electron chi connectivity index (χ4n) is 10.6. The lowest BCUT2D eigenvalue weighted by molar-refractivity contribution is -0.161. The van der Waals surface area contributed by atoms with Gasteiger partial charge in [0.25, 0.3) is 0 Å². The number of ether oxygens (including phenoxy) is 8. The highest BCUT2D eigenvalue weighted by Gasteiger charge is 2.18. The molecule has 0 amide bonds. The minimum Gasteiger partial charge on any atom is -0.393 e. The van der Waals surface area contributed by atoms with Gasteiger partial charge in [-0.15, -0.1) is 0 Å². The van der Waals surface area contributed by atoms with E-state index in [4.69, 9.17) is 28.4 Å². The fraction of sp³-hybridized carbons (Fsp3) is 0.744. The summed E-state index contributed by atoms with van der Waals surface area (Å²) in [6, 6.07) is 0. The van der Waals surface area contributed by atoms with Gasteiger partial charge in [0.1, 0.15) is 0 Å². The van der Waals surface area contributed by atoms with E-state index >= 15 is 0 Å². The van der Waals surface area contributed by atoms with Gasteiger partial charge in [0.2, 0.25) is 0 Å². The standard InChI is InChI=1S/C78H122O24/c1-61(2)77(93)101-75(91)59-45-31-17-15-29-43-57-73(89)99-71(87)55-41-27-13-11-25-39-53-69(85)97-67(83)51-37-23-9-7-21-35-49-65(81)95-63(79)47-33-19-5-6-20-34-48-64(80)96-66(82)50-36-22-8-10-24-38-52-68(84)98-70(86)54-40-26-12-14-28-42-56-72(88)100-74(90)58-44-30-16-18-32-46-60-76(92)102-78(94)62(3)4/h1,3,5-60H2,2,4H3. The molecule has 0 saturated heterocycles. The highest BCUT2D eigenvalue weighted by molar-refractivity contribution is 5.96. The molecule has 0 aromatic rings. The van der Waals surface area contributed by atoms with E-state index in [0.29, 0.717) is 89.9 Å². The molecule has 0 aromatic carbocycles. The summed E-state index contributed by atoms with van der Waals surface area (Å²) in [6.07, 6.45) is 33.0. The van der Waals surface area contributed by atoms with E-state index in [1.807, 2.05) is 0 Å². The molecule has 0 rings (SSSR count). The van der Waals surface area contributed by atoms with Crippen LogP contribution in [0.4, 0.5) is 0 Å². The number of hydrogen-bond donors (Lipinski definition) is 0. The van der Waals surface area contributed by atoms with Crippen molar-refractivity contribution in [2.75, 3.05) is 0 Å². The molecule has 0 radical (unpaired) electrons. The second kappa shape index (κ2) is 65.6. The van der Waals surface area contributed by atoms with Crippen LogP contribution in [0.25, 0.3) is 0 Å². The van der Waals surface area contributed by atoms with Crippen molar-refractivity contribution in [3.63, 3.8) is 0 Å². The highest BCUT2D eigenvalue weighted by atomic mass is 16.6. The van der Waals surface area contributed by atoms with Crippen molar-refractivity contribution < 1.29 is 115 Å². The number of rotatable bonds is 65. The Morgan fingerprint density at radius 2 is 0.225 bits per heavy atom. The molecule has 0 aliphatic rings. The van der Waals surface area contributed by atoms with Crippen LogP contribution in [0.3, 0.4) is 0 Å². The Balaban J connectivity index is 3.65. The lowest BCUT2D eigenvalue weighted by Gasteiger charge is -2.05. The van der Waals surface area contributed by atoms with Crippen molar-refractivity contribution in [2.24, 2.45) is 0 Å². The summed E-state index contributed by atoms with van der Waals surface area (Å²) in [4.78, 5) is 191. The van der Waals surface area contributed by atoms with Gasteiger partial charge in [0, 0.05) is 101 Å². The first-order valence-electron chi connectivity index (χ1n) is 38.2. The van der Waals surface area contributed by atoms with Gasteiger partial charge in [-0.1, -0.05) is 193 Å². The normalized spacial score (nSPS) is 10.8. The SMILES string of the molecule is C=C(C)C(=O)OC(=O)CCCCCCCCC(=O)OC(=O)CCCCCCCCC(=O)OC(=O)CCCCCCCCC(=O)OC(=O)CCCCCCCCC(=O)OC(=O)CCCCCCCCC(=O)OC(=O)CCCCCCCCC(=O)OC(=O)CCCCCCCCC(=O)OC(=O)C(=C)C. The maximum atomic E-state index is 12.2. The Morgan fingerprint density at radius 3 is 0.314 bits per heavy atom. The molecule has 102 heavy (non-hydrogen) atoms. The second-order valence-electron chi connectivity index (χ2n) is 26.5. The third-order valence-corrected chi connectivity index (χ3v) is 16.6. The first-order chi connectivity index (χ1) is 49.0. The monoisotopic (exact) mass is 1440 g/mol. The summed E-state index contributed by atoms with van der Waals surface area (Å²) in [7, 11) is 0. The van der Waals surface area contributed by atoms with E-state index in [2.05, 4.69) is 22.6 Å². The molecule has 0 heterocycles. The van der Waals surface area contributed by atoms with Crippen LogP contribution in [0.2, 0.25) is 0 Å². The molecule has 0 N–H and O–H groups in total. The van der Waals surface area contributed by atoms with Gasteiger partial charge < -0.3 is 37.9 Å². The Hall–Kier alpha value is -7.40. The molecule has 0 atom stereocenters. The first kappa shape index (κ1) is 94.6. The van der Waals surface area contributed by atoms with Crippen molar-refractivity contribution in [3.8, 4) is 0 Å². The molecule has 0 aromatic heterocycles. The maximum absolute atomic E-state index is 12.2. The van der Waals surface area contributed by atoms with Crippen LogP contribution in [-0.2, 0) is 115 Å². The molecule has 0 saturated carbocycles. The third-order valence-electron chi connectivity index (χ3n) is 16.6. The molecule has 0 aliphatic carbocycles. The lowest BCUT2D eigenvalue weighted by Crippen LogP contribution is -2.12. The van der Waals surface area contributed by atoms with Crippen molar-refractivity contribution >= 4 is 95.5 Å². The van der Waals surface area contributed by atoms with Gasteiger partial charge in [-0.05, 0) is 104 Å². The molecule has 0 fully saturated rings. The Morgan fingerprint density at radius 1 is 0.147 bits per heavy atom. The number of hydrogen-bond acceptors (Lipinski definition) is 24. The van der Waals surface area contributed by atoms with Crippen LogP contribution in [0.5, 0.6) is 0 Å². The van der Waals surface area contributed by atoms with Crippen molar-refractivity contribution in [1.82, 2.24) is 0 Å². The summed E-state index contributed by atoms with van der Waals surface area (Å²) in [5.74, 6) is -9.11. The van der Waals surface area contributed by atoms with Crippen molar-refractivity contribution in [1.29, 1.82) is 0 Å². The first-order valence-corrected chi connectivity index (χ1v) is 38.2. The molecule has 0 bridgehead atoms. The van der Waals surface area contributed by atoms with Crippen LogP contribution < -0.4 is 0 Å². The fourth-order valence-corrected chi connectivity index (χ4v) is 10.6. The van der Waals surface area contributed by atoms with Crippen LogP contribution in [0.1, 0.15) is 373 Å². The summed E-state index contributed by atoms with van der Waals surface area (Å²) in [6.45, 7) is 9.81. The topological polar surface area (TPSA) is 347 Å². The van der Waals surface area contributed by atoms with E-state index in [-0.39, 0.29) is 101 Å². The molecular formula is C78H122O24. The third kappa shape index (κ3) is 64.7. The Labute approximate surface area is 605 Å². The molecule has 0 unspecified atom stereocenters. The molecule has 578 valence electrons. The summed E-state index contributed by atoms with van der Waals surface area (Å²) >= 11 is 0. The van der Waals surface area contributed by atoms with Crippen LogP contribution >= 0.6 is 0 Å². The van der Waals surface area contributed by atoms with Gasteiger partial charge in [-0.3, -0.25) is 67.1 Å². The van der Waals surface area contributed by atoms with Crippen LogP contribution in [-0.4, -0.2) is 95.5 Å². The molecule has 0 aliphatic heterocycles. The minimum atomic E-state index is -0.714. The average molecular weight is 1440 g/mol. The van der Waals surface area contributed by atoms with E-state index < -0.39 is 95.5 Å². The zero-order valence-corrected chi connectivity index (χ0v) is 61.8. The highest BCUT2D eigenvalue weighted by Crippen LogP contribution is 2.18. The summed E-state index contributed by atoms with van der Waals surface area (Å²) in [5.41, 5.74) is 0.343. The van der Waals surface area contributed by atoms with E-state index in [0.717, 1.165) is 180 Å². The number of unbranched alkanes of at least 4 members (excludes halogenated alkanes) is 35. The van der Waals surface area contributed by atoms with Gasteiger partial charge >= 0.3 is 95.5 Å². The summed E-state index contributed by atoms with van der Waals surface area (Å²) in [5, 5.41) is 0. The quantitative estimate of drug-likeness (QED) is 0.0179. The molecule has 24 heteroatoms. The van der Waals surface area contributed by atoms with E-state index in [9.17, 15) is 76.7 Å². The van der Waals surface area contributed by atoms with Crippen molar-refractivity contribution in [2.45, 2.75) is 373 Å². The van der Waals surface area contributed by atoms with Crippen LogP contribution in [0, 0.1) is 0 Å².